The minimum atomic E-state index is -4.36. The van der Waals surface area contributed by atoms with Crippen molar-refractivity contribution in [3.05, 3.63) is 94.6 Å². The molecular weight excluding hydrogens is 663 g/mol. The van der Waals surface area contributed by atoms with Gasteiger partial charge in [-0.15, -0.1) is 11.3 Å². The first-order chi connectivity index (χ1) is 22.2. The fraction of sp³-hybridized carbons (Fsp3) is 0.355. The summed E-state index contributed by atoms with van der Waals surface area (Å²) in [5, 5.41) is 4.20. The largest absolute Gasteiger partial charge is 0.387 e. The number of hydrogen-bond acceptors (Lipinski definition) is 10. The van der Waals surface area contributed by atoms with E-state index >= 15 is 0 Å². The Morgan fingerprint density at radius 1 is 1.06 bits per heavy atom. The lowest BCUT2D eigenvalue weighted by molar-refractivity contribution is -0.123. The highest BCUT2D eigenvalue weighted by Gasteiger charge is 2.45. The zero-order valence-electron chi connectivity index (χ0n) is 26.3. The molecule has 0 unspecified atom stereocenters. The molecule has 16 heteroatoms. The summed E-state index contributed by atoms with van der Waals surface area (Å²) in [5.74, 6) is -1.49. The van der Waals surface area contributed by atoms with Crippen LogP contribution in [-0.4, -0.2) is 87.4 Å². The predicted octanol–water partition coefficient (Wildman–Crippen LogP) is 2.24. The number of aryl methyl sites for hydroxylation is 1. The van der Waals surface area contributed by atoms with Gasteiger partial charge >= 0.3 is 0 Å². The first-order valence-electron chi connectivity index (χ1n) is 14.8. The third kappa shape index (κ3) is 9.32. The van der Waals surface area contributed by atoms with Gasteiger partial charge in [0.05, 0.1) is 23.0 Å². The molecule has 1 fully saturated rings. The van der Waals surface area contributed by atoms with Crippen molar-refractivity contribution in [2.24, 2.45) is 10.7 Å². The van der Waals surface area contributed by atoms with Crippen LogP contribution in [0, 0.1) is 6.92 Å². The average molecular weight is 702 g/mol. The van der Waals surface area contributed by atoms with Gasteiger partial charge in [-0.1, -0.05) is 54.6 Å². The Labute approximate surface area is 279 Å². The maximum absolute atomic E-state index is 14.1. The molecule has 1 aliphatic rings. The van der Waals surface area contributed by atoms with Crippen molar-refractivity contribution in [2.75, 3.05) is 33.2 Å². The lowest BCUT2D eigenvalue weighted by Crippen LogP contribution is -2.66. The molecule has 1 amide bonds. The Bertz CT molecular complexity index is 1810. The number of thiazole rings is 1. The fourth-order valence-corrected chi connectivity index (χ4v) is 8.51. The number of ketones is 1. The van der Waals surface area contributed by atoms with Crippen LogP contribution in [-0.2, 0) is 30.6 Å². The van der Waals surface area contributed by atoms with Crippen LogP contribution in [0.25, 0.3) is 0 Å². The van der Waals surface area contributed by atoms with Gasteiger partial charge in [0.25, 0.3) is 0 Å². The van der Waals surface area contributed by atoms with Crippen molar-refractivity contribution < 1.29 is 26.4 Å². The number of nitrogens with two attached hydrogens (primary N) is 1. The molecule has 13 nitrogen and oxygen atoms in total. The van der Waals surface area contributed by atoms with Gasteiger partial charge in [0.1, 0.15) is 0 Å². The first-order valence-corrected chi connectivity index (χ1v) is 18.7. The number of nitrogens with zero attached hydrogens (tertiary/aromatic N) is 4. The molecule has 1 saturated heterocycles. The van der Waals surface area contributed by atoms with Gasteiger partial charge in [-0.2, -0.15) is 9.03 Å². The second-order valence-electron chi connectivity index (χ2n) is 11.1. The Hall–Kier alpha value is -3.96. The van der Waals surface area contributed by atoms with E-state index in [1.807, 2.05) is 13.0 Å². The summed E-state index contributed by atoms with van der Waals surface area (Å²) in [5.41, 5.74) is 5.80. The molecule has 0 bridgehead atoms. The molecule has 4 rings (SSSR count). The molecule has 1 atom stereocenters. The lowest BCUT2D eigenvalue weighted by Gasteiger charge is -2.34. The van der Waals surface area contributed by atoms with Crippen molar-refractivity contribution in [3.63, 3.8) is 0 Å². The number of carbonyl (C=O) groups is 2. The normalized spacial score (nSPS) is 16.3. The van der Waals surface area contributed by atoms with E-state index in [1.54, 1.807) is 46.7 Å². The molecule has 0 radical (unpaired) electrons. The second-order valence-corrected chi connectivity index (χ2v) is 15.7. The van der Waals surface area contributed by atoms with Gasteiger partial charge in [0.2, 0.25) is 31.7 Å². The molecule has 2 aromatic carbocycles. The number of carbonyl (C=O) groups excluding carboxylic acids is 2. The molecular formula is C31H39N7O6S3. The summed E-state index contributed by atoms with van der Waals surface area (Å²) >= 11 is 0.995. The van der Waals surface area contributed by atoms with E-state index < -0.39 is 37.4 Å². The smallest absolute Gasteiger partial charge is 0.242 e. The number of sulfonamides is 2. The number of amidine groups is 1. The van der Waals surface area contributed by atoms with Gasteiger partial charge < -0.3 is 16.0 Å². The number of rotatable bonds is 14. The highest BCUT2D eigenvalue weighted by molar-refractivity contribution is 7.89. The van der Waals surface area contributed by atoms with Gasteiger partial charge in [-0.25, -0.2) is 21.8 Å². The number of Topliss-reactive ketones (excluding diaryl/α,β-unsaturated/α-hetero) is 1. The van der Waals surface area contributed by atoms with E-state index in [2.05, 4.69) is 26.6 Å². The molecule has 0 aliphatic carbocycles. The van der Waals surface area contributed by atoms with Crippen LogP contribution in [0.2, 0.25) is 0 Å². The summed E-state index contributed by atoms with van der Waals surface area (Å²) in [6.07, 6.45) is 1.38. The van der Waals surface area contributed by atoms with Crippen LogP contribution in [0.4, 0.5) is 0 Å². The number of benzene rings is 2. The van der Waals surface area contributed by atoms with Crippen LogP contribution < -0.4 is 15.8 Å². The van der Waals surface area contributed by atoms with Gasteiger partial charge in [-0.05, 0) is 31.0 Å². The van der Waals surface area contributed by atoms with E-state index in [0.717, 1.165) is 16.9 Å². The molecule has 0 saturated carbocycles. The van der Waals surface area contributed by atoms with Gasteiger partial charge in [0, 0.05) is 56.8 Å². The zero-order valence-corrected chi connectivity index (χ0v) is 28.7. The van der Waals surface area contributed by atoms with Crippen molar-refractivity contribution in [1.82, 2.24) is 24.2 Å². The van der Waals surface area contributed by atoms with E-state index in [0.29, 0.717) is 11.3 Å². The Morgan fingerprint density at radius 2 is 1.77 bits per heavy atom. The topological polar surface area (TPSA) is 184 Å². The van der Waals surface area contributed by atoms with Crippen LogP contribution >= 0.6 is 11.3 Å². The number of hydrogen-bond donors (Lipinski definition) is 3. The van der Waals surface area contributed by atoms with Crippen molar-refractivity contribution in [1.29, 1.82) is 0 Å². The summed E-state index contributed by atoms with van der Waals surface area (Å²) in [7, 11) is -6.56. The summed E-state index contributed by atoms with van der Waals surface area (Å²) in [6, 6.07) is 14.9. The van der Waals surface area contributed by atoms with Gasteiger partial charge in [-0.3, -0.25) is 14.6 Å². The van der Waals surface area contributed by atoms with E-state index in [4.69, 9.17) is 5.73 Å². The van der Waals surface area contributed by atoms with E-state index in [9.17, 15) is 26.4 Å². The number of amides is 1. The standard InChI is InChI=1S/C31H39N7O6S3/c1-23-9-11-26(12-10-23)47(43,44)36-31(15-13-27(32)33-3,29(40)30-34-16-20-45-30)35-28(39)21-37-18-19-38(17-14-24(37)2)46(41,42)22-25-7-5-4-6-8-25/h4-12,16,20,36H,2,13-15,17-19,21-22H2,1,3H3,(H2,32,33)(H,35,39)/t31-/m0/s1. The molecule has 3 aromatic rings. The highest BCUT2D eigenvalue weighted by atomic mass is 32.2. The molecule has 47 heavy (non-hydrogen) atoms. The Kier molecular flexibility index (Phi) is 11.7. The number of aromatic nitrogens is 1. The third-order valence-corrected chi connectivity index (χ3v) is 11.8. The average Bonchev–Trinajstić information content (AvgIpc) is 3.51. The maximum Gasteiger partial charge on any atom is 0.242 e. The Morgan fingerprint density at radius 3 is 2.40 bits per heavy atom. The fourth-order valence-electron chi connectivity index (χ4n) is 5.02. The van der Waals surface area contributed by atoms with Crippen LogP contribution in [0.1, 0.15) is 40.2 Å². The van der Waals surface area contributed by atoms with E-state index in [1.165, 1.54) is 29.7 Å². The number of aliphatic imine (C=N–C) groups is 1. The molecule has 1 aliphatic heterocycles. The molecule has 1 aromatic heterocycles. The summed E-state index contributed by atoms with van der Waals surface area (Å²) in [4.78, 5) is 37.4. The minimum absolute atomic E-state index is 0.0256. The molecule has 252 valence electrons. The Balaban J connectivity index is 1.60. The maximum atomic E-state index is 14.1. The monoisotopic (exact) mass is 701 g/mol. The minimum Gasteiger partial charge on any atom is -0.387 e. The summed E-state index contributed by atoms with van der Waals surface area (Å²) < 4.78 is 57.7. The quantitative estimate of drug-likeness (QED) is 0.0982. The van der Waals surface area contributed by atoms with Crippen molar-refractivity contribution >= 4 is 48.9 Å². The van der Waals surface area contributed by atoms with Crippen molar-refractivity contribution in [2.45, 2.75) is 42.5 Å². The third-order valence-electron chi connectivity index (χ3n) is 7.69. The molecule has 0 spiro atoms. The zero-order chi connectivity index (χ0) is 34.2. The van der Waals surface area contributed by atoms with Crippen LogP contribution in [0.3, 0.4) is 0 Å². The SMILES string of the molecule is C=C1CCN(S(=O)(=O)Cc2ccccc2)CCN1CC(=O)N[C@@](CCC(N)=NC)(NS(=O)(=O)c1ccc(C)cc1)C(=O)c1nccs1. The summed E-state index contributed by atoms with van der Waals surface area (Å²) in [6.45, 7) is 5.99. The lowest BCUT2D eigenvalue weighted by atomic mass is 9.98. The second kappa shape index (κ2) is 15.3. The van der Waals surface area contributed by atoms with Crippen molar-refractivity contribution in [3.8, 4) is 0 Å². The highest BCUT2D eigenvalue weighted by Crippen LogP contribution is 2.24. The predicted molar refractivity (Wildman–Crippen MR) is 182 cm³/mol. The first kappa shape index (κ1) is 35.9. The molecule has 2 heterocycles. The van der Waals surface area contributed by atoms with E-state index in [-0.39, 0.29) is 66.9 Å². The number of nitrogens with one attached hydrogen (secondary N) is 2. The van der Waals surface area contributed by atoms with Crippen LogP contribution in [0.15, 0.2) is 88.3 Å². The van der Waals surface area contributed by atoms with Crippen LogP contribution in [0.5, 0.6) is 0 Å². The van der Waals surface area contributed by atoms with Gasteiger partial charge in [0.15, 0.2) is 10.7 Å². The molecule has 4 N–H and O–H groups in total.